The Labute approximate surface area is 116 Å². The fourth-order valence-electron chi connectivity index (χ4n) is 1.97. The Morgan fingerprint density at radius 3 is 2.90 bits per heavy atom. The maximum absolute atomic E-state index is 13.1. The Hall–Kier alpha value is -2.21. The molecule has 0 aliphatic carbocycles. The van der Waals surface area contributed by atoms with Crippen LogP contribution in [0.3, 0.4) is 0 Å². The molecule has 0 aliphatic rings. The van der Waals surface area contributed by atoms with Gasteiger partial charge < -0.3 is 10.6 Å². The molecule has 106 valence electrons. The van der Waals surface area contributed by atoms with E-state index in [-0.39, 0.29) is 11.7 Å². The first-order valence-electron chi connectivity index (χ1n) is 6.21. The number of carbonyl (C=O) groups excluding carboxylic acids is 1. The second kappa shape index (κ2) is 5.83. The number of hydrogen-bond acceptors (Lipinski definition) is 3. The summed E-state index contributed by atoms with van der Waals surface area (Å²) in [5.41, 5.74) is 7.30. The number of halogens is 1. The molecule has 0 saturated heterocycles. The number of nitrogens with two attached hydrogens (primary N) is 1. The fourth-order valence-corrected chi connectivity index (χ4v) is 1.97. The first kappa shape index (κ1) is 14.2. The Morgan fingerprint density at radius 2 is 2.30 bits per heavy atom. The van der Waals surface area contributed by atoms with Gasteiger partial charge in [-0.15, -0.1) is 0 Å². The van der Waals surface area contributed by atoms with Crippen LogP contribution in [0, 0.1) is 5.82 Å². The van der Waals surface area contributed by atoms with E-state index in [2.05, 4.69) is 5.10 Å². The van der Waals surface area contributed by atoms with E-state index < -0.39 is 6.04 Å². The third-order valence-corrected chi connectivity index (χ3v) is 3.04. The topological polar surface area (TPSA) is 64.2 Å². The summed E-state index contributed by atoms with van der Waals surface area (Å²) in [7, 11) is 3.40. The lowest BCUT2D eigenvalue weighted by Gasteiger charge is -2.20. The van der Waals surface area contributed by atoms with Crippen LogP contribution in [-0.2, 0) is 18.4 Å². The summed E-state index contributed by atoms with van der Waals surface area (Å²) in [6, 6.07) is 5.39. The second-order valence-corrected chi connectivity index (χ2v) is 4.75. The molecule has 1 amide bonds. The van der Waals surface area contributed by atoms with Gasteiger partial charge in [0.25, 0.3) is 0 Å². The van der Waals surface area contributed by atoms with Crippen LogP contribution in [0.25, 0.3) is 0 Å². The molecule has 0 saturated carbocycles. The first-order chi connectivity index (χ1) is 9.47. The molecule has 0 radical (unpaired) electrons. The van der Waals surface area contributed by atoms with Crippen molar-refractivity contribution in [3.8, 4) is 0 Å². The van der Waals surface area contributed by atoms with Gasteiger partial charge in [-0.25, -0.2) is 4.39 Å². The van der Waals surface area contributed by atoms with Crippen molar-refractivity contribution in [2.45, 2.75) is 12.6 Å². The van der Waals surface area contributed by atoms with Gasteiger partial charge in [0.15, 0.2) is 0 Å². The minimum Gasteiger partial charge on any atom is -0.340 e. The molecule has 20 heavy (non-hydrogen) atoms. The van der Waals surface area contributed by atoms with Crippen LogP contribution in [0.15, 0.2) is 36.7 Å². The van der Waals surface area contributed by atoms with E-state index in [4.69, 9.17) is 5.73 Å². The molecule has 1 unspecified atom stereocenters. The molecule has 1 aromatic carbocycles. The number of aryl methyl sites for hydroxylation is 1. The molecule has 2 aromatic rings. The zero-order valence-corrected chi connectivity index (χ0v) is 11.5. The highest BCUT2D eigenvalue weighted by atomic mass is 19.1. The Balaban J connectivity index is 2.05. The van der Waals surface area contributed by atoms with Gasteiger partial charge in [-0.1, -0.05) is 12.1 Å². The van der Waals surface area contributed by atoms with Gasteiger partial charge in [-0.3, -0.25) is 9.48 Å². The summed E-state index contributed by atoms with van der Waals surface area (Å²) < 4.78 is 14.7. The van der Waals surface area contributed by atoms with Crippen molar-refractivity contribution in [1.29, 1.82) is 0 Å². The Bertz CT molecular complexity index is 611. The monoisotopic (exact) mass is 276 g/mol. The van der Waals surface area contributed by atoms with E-state index in [1.54, 1.807) is 43.3 Å². The van der Waals surface area contributed by atoms with Gasteiger partial charge in [-0.05, 0) is 17.7 Å². The Kier molecular flexibility index (Phi) is 4.14. The van der Waals surface area contributed by atoms with E-state index in [9.17, 15) is 9.18 Å². The molecule has 2 rings (SSSR count). The molecular formula is C14H17FN4O. The fraction of sp³-hybridized carbons (Fsp3) is 0.286. The molecular weight excluding hydrogens is 259 g/mol. The van der Waals surface area contributed by atoms with Crippen molar-refractivity contribution in [3.05, 3.63) is 53.6 Å². The predicted octanol–water partition coefficient (Wildman–Crippen LogP) is 1.22. The van der Waals surface area contributed by atoms with Crippen LogP contribution in [0.5, 0.6) is 0 Å². The summed E-state index contributed by atoms with van der Waals surface area (Å²) in [6.45, 7) is 0.310. The van der Waals surface area contributed by atoms with Crippen molar-refractivity contribution in [2.75, 3.05) is 7.05 Å². The van der Waals surface area contributed by atoms with Crippen molar-refractivity contribution in [2.24, 2.45) is 12.8 Å². The lowest BCUT2D eigenvalue weighted by atomic mass is 10.1. The molecule has 1 atom stereocenters. The average Bonchev–Trinajstić information content (AvgIpc) is 2.83. The summed E-state index contributed by atoms with van der Waals surface area (Å²) in [5, 5.41) is 3.99. The number of rotatable bonds is 4. The van der Waals surface area contributed by atoms with E-state index in [0.29, 0.717) is 12.1 Å². The molecule has 1 heterocycles. The minimum atomic E-state index is -0.762. The SMILES string of the molecule is CN(Cc1cccc(F)c1)C(=O)C(N)c1cnn(C)c1. The largest absolute Gasteiger partial charge is 0.340 e. The molecule has 2 N–H and O–H groups in total. The van der Waals surface area contributed by atoms with E-state index in [1.807, 2.05) is 0 Å². The third kappa shape index (κ3) is 3.21. The third-order valence-electron chi connectivity index (χ3n) is 3.04. The Morgan fingerprint density at radius 1 is 1.55 bits per heavy atom. The highest BCUT2D eigenvalue weighted by molar-refractivity contribution is 5.82. The molecule has 5 nitrogen and oxygen atoms in total. The van der Waals surface area contributed by atoms with Crippen molar-refractivity contribution in [3.63, 3.8) is 0 Å². The summed E-state index contributed by atoms with van der Waals surface area (Å²) >= 11 is 0. The maximum Gasteiger partial charge on any atom is 0.244 e. The number of amides is 1. The van der Waals surface area contributed by atoms with Gasteiger partial charge in [0.2, 0.25) is 5.91 Å². The quantitative estimate of drug-likeness (QED) is 0.913. The predicted molar refractivity (Wildman–Crippen MR) is 73.0 cm³/mol. The van der Waals surface area contributed by atoms with Crippen LogP contribution < -0.4 is 5.73 Å². The minimum absolute atomic E-state index is 0.234. The van der Waals surface area contributed by atoms with Gasteiger partial charge >= 0.3 is 0 Å². The zero-order chi connectivity index (χ0) is 14.7. The molecule has 0 bridgehead atoms. The van der Waals surface area contributed by atoms with Gasteiger partial charge in [0.1, 0.15) is 11.9 Å². The number of hydrogen-bond donors (Lipinski definition) is 1. The zero-order valence-electron chi connectivity index (χ0n) is 11.5. The number of carbonyl (C=O) groups is 1. The van der Waals surface area contributed by atoms with Crippen LogP contribution in [-0.4, -0.2) is 27.6 Å². The standard InChI is InChI=1S/C14H17FN4O/c1-18(8-10-4-3-5-12(15)6-10)14(20)13(16)11-7-17-19(2)9-11/h3-7,9,13H,8,16H2,1-2H3. The first-order valence-corrected chi connectivity index (χ1v) is 6.21. The number of aromatic nitrogens is 2. The van der Waals surface area contributed by atoms with Crippen LogP contribution in [0.2, 0.25) is 0 Å². The average molecular weight is 276 g/mol. The molecule has 0 aliphatic heterocycles. The van der Waals surface area contributed by atoms with Crippen molar-refractivity contribution in [1.82, 2.24) is 14.7 Å². The number of nitrogens with zero attached hydrogens (tertiary/aromatic N) is 3. The summed E-state index contributed by atoms with van der Waals surface area (Å²) in [5.74, 6) is -0.554. The highest BCUT2D eigenvalue weighted by Gasteiger charge is 2.21. The highest BCUT2D eigenvalue weighted by Crippen LogP contribution is 2.13. The van der Waals surface area contributed by atoms with Crippen LogP contribution >= 0.6 is 0 Å². The lowest BCUT2D eigenvalue weighted by Crippen LogP contribution is -2.35. The van der Waals surface area contributed by atoms with Crippen LogP contribution in [0.1, 0.15) is 17.2 Å². The smallest absolute Gasteiger partial charge is 0.244 e. The van der Waals surface area contributed by atoms with Crippen molar-refractivity contribution >= 4 is 5.91 Å². The van der Waals surface area contributed by atoms with Crippen molar-refractivity contribution < 1.29 is 9.18 Å². The van der Waals surface area contributed by atoms with E-state index in [1.165, 1.54) is 17.0 Å². The summed E-state index contributed by atoms with van der Waals surface area (Å²) in [6.07, 6.45) is 3.27. The van der Waals surface area contributed by atoms with Gasteiger partial charge in [0, 0.05) is 32.4 Å². The number of likely N-dealkylation sites (N-methyl/N-ethyl adjacent to an activating group) is 1. The molecule has 1 aromatic heterocycles. The van der Waals surface area contributed by atoms with Gasteiger partial charge in [-0.2, -0.15) is 5.10 Å². The van der Waals surface area contributed by atoms with Gasteiger partial charge in [0.05, 0.1) is 6.20 Å². The summed E-state index contributed by atoms with van der Waals surface area (Å²) in [4.78, 5) is 13.7. The second-order valence-electron chi connectivity index (χ2n) is 4.75. The molecule has 0 spiro atoms. The normalized spacial score (nSPS) is 12.2. The lowest BCUT2D eigenvalue weighted by molar-refractivity contribution is -0.132. The number of benzene rings is 1. The maximum atomic E-state index is 13.1. The van der Waals surface area contributed by atoms with E-state index in [0.717, 1.165) is 5.56 Å². The molecule has 0 fully saturated rings. The van der Waals surface area contributed by atoms with Crippen LogP contribution in [0.4, 0.5) is 4.39 Å². The molecule has 6 heteroatoms. The van der Waals surface area contributed by atoms with E-state index >= 15 is 0 Å².